The van der Waals surface area contributed by atoms with Gasteiger partial charge in [-0.25, -0.2) is 8.42 Å². The van der Waals surface area contributed by atoms with Crippen LogP contribution < -0.4 is 5.32 Å². The van der Waals surface area contributed by atoms with Crippen LogP contribution in [0, 0.1) is 18.3 Å². The predicted molar refractivity (Wildman–Crippen MR) is 114 cm³/mol. The van der Waals surface area contributed by atoms with E-state index in [0.29, 0.717) is 43.2 Å². The number of carbonyl (C=O) groups is 2. The molecular formula is C23H30N2O4S. The molecule has 1 saturated heterocycles. The van der Waals surface area contributed by atoms with Gasteiger partial charge in [0.15, 0.2) is 0 Å². The molecule has 2 fully saturated rings. The van der Waals surface area contributed by atoms with Crippen LogP contribution in [0.25, 0.3) is 0 Å². The standard InChI is InChI=1S/C23H30N2O4S/c1-16-3-5-20(6-4-16)30(28,29)25-11-8-19(9-12-25)24-22(27)21(26)15-23-10-7-17(2)18(13-23)14-23/h3-7,18-19H,8-15H2,1-2H3,(H,24,27). The molecule has 2 bridgehead atoms. The molecule has 1 saturated carbocycles. The van der Waals surface area contributed by atoms with Crippen LogP contribution in [0.2, 0.25) is 0 Å². The van der Waals surface area contributed by atoms with Crippen LogP contribution in [0.3, 0.4) is 0 Å². The molecule has 5 rings (SSSR count). The van der Waals surface area contributed by atoms with E-state index >= 15 is 0 Å². The molecule has 7 heteroatoms. The maximum absolute atomic E-state index is 12.8. The van der Waals surface area contributed by atoms with E-state index in [4.69, 9.17) is 0 Å². The number of sulfonamides is 1. The molecule has 0 aromatic heterocycles. The van der Waals surface area contributed by atoms with E-state index in [1.807, 2.05) is 6.92 Å². The maximum atomic E-state index is 12.8. The minimum Gasteiger partial charge on any atom is -0.347 e. The van der Waals surface area contributed by atoms with Gasteiger partial charge >= 0.3 is 0 Å². The lowest BCUT2D eigenvalue weighted by atomic mass is 9.53. The fourth-order valence-corrected chi connectivity index (χ4v) is 6.49. The number of aryl methyl sites for hydroxylation is 1. The van der Waals surface area contributed by atoms with Crippen molar-refractivity contribution < 1.29 is 18.0 Å². The monoisotopic (exact) mass is 430 g/mol. The highest BCUT2D eigenvalue weighted by molar-refractivity contribution is 7.89. The van der Waals surface area contributed by atoms with Crippen molar-refractivity contribution in [2.75, 3.05) is 13.1 Å². The summed E-state index contributed by atoms with van der Waals surface area (Å²) in [5.41, 5.74) is 2.42. The quantitative estimate of drug-likeness (QED) is 0.556. The van der Waals surface area contributed by atoms with E-state index in [9.17, 15) is 18.0 Å². The molecular weight excluding hydrogens is 400 g/mol. The van der Waals surface area contributed by atoms with Crippen molar-refractivity contribution >= 4 is 21.7 Å². The number of benzene rings is 1. The second-order valence-corrected chi connectivity index (χ2v) is 11.3. The van der Waals surface area contributed by atoms with E-state index in [2.05, 4.69) is 18.3 Å². The SMILES string of the molecule is CC1=CCC2(CC(=O)C(=O)NC3CCN(S(=O)(=O)c4ccc(C)cc4)CC3)CC1C2. The van der Waals surface area contributed by atoms with Crippen molar-refractivity contribution in [3.05, 3.63) is 41.5 Å². The number of hydrogen-bond acceptors (Lipinski definition) is 4. The molecule has 1 N–H and O–H groups in total. The number of hydrogen-bond donors (Lipinski definition) is 1. The predicted octanol–water partition coefficient (Wildman–Crippen LogP) is 2.97. The number of rotatable bonds is 6. The topological polar surface area (TPSA) is 83.6 Å². The minimum absolute atomic E-state index is 0.00984. The van der Waals surface area contributed by atoms with Gasteiger partial charge in [-0.05, 0) is 69.4 Å². The highest BCUT2D eigenvalue weighted by Gasteiger charge is 2.48. The second kappa shape index (κ2) is 7.93. The third-order valence-corrected chi connectivity index (χ3v) is 9.01. The van der Waals surface area contributed by atoms with Crippen molar-refractivity contribution in [3.63, 3.8) is 0 Å². The summed E-state index contributed by atoms with van der Waals surface area (Å²) in [4.78, 5) is 25.2. The van der Waals surface area contributed by atoms with E-state index in [-0.39, 0.29) is 17.2 Å². The summed E-state index contributed by atoms with van der Waals surface area (Å²) in [6.45, 7) is 4.74. The first-order valence-electron chi connectivity index (χ1n) is 10.8. The number of ketones is 1. The van der Waals surface area contributed by atoms with Crippen molar-refractivity contribution in [1.82, 2.24) is 9.62 Å². The van der Waals surface area contributed by atoms with Crippen molar-refractivity contribution in [2.45, 2.75) is 63.3 Å². The van der Waals surface area contributed by atoms with E-state index < -0.39 is 15.9 Å². The first-order valence-corrected chi connectivity index (χ1v) is 12.2. The average Bonchev–Trinajstić information content (AvgIpc) is 2.69. The Kier molecular flexibility index (Phi) is 5.62. The van der Waals surface area contributed by atoms with E-state index in [1.165, 1.54) is 9.88 Å². The number of carbonyl (C=O) groups excluding carboxylic acids is 2. The molecule has 4 aliphatic rings. The Bertz CT molecular complexity index is 967. The van der Waals surface area contributed by atoms with E-state index in [1.54, 1.807) is 24.3 Å². The summed E-state index contributed by atoms with van der Waals surface area (Å²) in [6, 6.07) is 6.68. The zero-order chi connectivity index (χ0) is 21.5. The fourth-order valence-electron chi connectivity index (χ4n) is 5.02. The zero-order valence-corrected chi connectivity index (χ0v) is 18.5. The summed E-state index contributed by atoms with van der Waals surface area (Å²) in [5.74, 6) is -0.260. The van der Waals surface area contributed by atoms with Crippen LogP contribution in [0.15, 0.2) is 40.8 Å². The average molecular weight is 431 g/mol. The summed E-state index contributed by atoms with van der Waals surface area (Å²) in [7, 11) is -3.53. The van der Waals surface area contributed by atoms with Crippen LogP contribution in [-0.4, -0.2) is 43.5 Å². The smallest absolute Gasteiger partial charge is 0.287 e. The maximum Gasteiger partial charge on any atom is 0.287 e. The number of amides is 1. The van der Waals surface area contributed by atoms with Crippen molar-refractivity contribution in [3.8, 4) is 0 Å². The van der Waals surface area contributed by atoms with Gasteiger partial charge in [0.05, 0.1) is 4.90 Å². The Hall–Kier alpha value is -1.99. The lowest BCUT2D eigenvalue weighted by molar-refractivity contribution is -0.141. The lowest BCUT2D eigenvalue weighted by Crippen LogP contribution is -2.49. The molecule has 3 aliphatic carbocycles. The first kappa shape index (κ1) is 21.2. The molecule has 1 aliphatic heterocycles. The first-order chi connectivity index (χ1) is 14.2. The molecule has 0 atom stereocenters. The molecule has 1 heterocycles. The van der Waals surface area contributed by atoms with Crippen LogP contribution in [0.1, 0.15) is 51.0 Å². The van der Waals surface area contributed by atoms with Gasteiger partial charge < -0.3 is 5.32 Å². The molecule has 1 aromatic rings. The number of Topliss-reactive ketones (excluding diaryl/α,β-unsaturated/α-hetero) is 1. The zero-order valence-electron chi connectivity index (χ0n) is 17.7. The highest BCUT2D eigenvalue weighted by Crippen LogP contribution is 2.57. The van der Waals surface area contributed by atoms with Crippen molar-refractivity contribution in [1.29, 1.82) is 0 Å². The number of allylic oxidation sites excluding steroid dienone is 2. The minimum atomic E-state index is -3.53. The van der Waals surface area contributed by atoms with Gasteiger partial charge in [-0.1, -0.05) is 29.3 Å². The largest absolute Gasteiger partial charge is 0.347 e. The van der Waals surface area contributed by atoms with Crippen LogP contribution in [0.5, 0.6) is 0 Å². The second-order valence-electron chi connectivity index (χ2n) is 9.32. The van der Waals surface area contributed by atoms with Gasteiger partial charge in [0.1, 0.15) is 0 Å². The van der Waals surface area contributed by atoms with Gasteiger partial charge in [-0.2, -0.15) is 4.31 Å². The van der Waals surface area contributed by atoms with E-state index in [0.717, 1.165) is 24.8 Å². The van der Waals surface area contributed by atoms with Crippen molar-refractivity contribution in [2.24, 2.45) is 11.3 Å². The molecule has 0 spiro atoms. The summed E-state index contributed by atoms with van der Waals surface area (Å²) in [6.07, 6.45) is 6.49. The number of nitrogens with one attached hydrogen (secondary N) is 1. The molecule has 0 unspecified atom stereocenters. The van der Waals surface area contributed by atoms with Crippen LogP contribution in [-0.2, 0) is 19.6 Å². The fraction of sp³-hybridized carbons (Fsp3) is 0.565. The Balaban J connectivity index is 1.28. The summed E-state index contributed by atoms with van der Waals surface area (Å²) < 4.78 is 27.1. The Morgan fingerprint density at radius 2 is 1.73 bits per heavy atom. The van der Waals surface area contributed by atoms with Gasteiger partial charge in [0.2, 0.25) is 15.8 Å². The van der Waals surface area contributed by atoms with Crippen LogP contribution >= 0.6 is 0 Å². The molecule has 162 valence electrons. The molecule has 1 aromatic carbocycles. The molecule has 6 nitrogen and oxygen atoms in total. The highest BCUT2D eigenvalue weighted by atomic mass is 32.2. The molecule has 1 amide bonds. The normalized spacial score (nSPS) is 27.1. The van der Waals surface area contributed by atoms with Gasteiger partial charge in [0.25, 0.3) is 5.91 Å². The van der Waals surface area contributed by atoms with Crippen LogP contribution in [0.4, 0.5) is 0 Å². The Morgan fingerprint density at radius 1 is 1.10 bits per heavy atom. The van der Waals surface area contributed by atoms with Gasteiger partial charge in [-0.15, -0.1) is 0 Å². The Labute approximate surface area is 178 Å². The summed E-state index contributed by atoms with van der Waals surface area (Å²) in [5, 5.41) is 2.85. The molecule has 0 radical (unpaired) electrons. The van der Waals surface area contributed by atoms with Gasteiger partial charge in [-0.3, -0.25) is 9.59 Å². The summed E-state index contributed by atoms with van der Waals surface area (Å²) >= 11 is 0. The third kappa shape index (κ3) is 4.10. The Morgan fingerprint density at radius 3 is 2.30 bits per heavy atom. The van der Waals surface area contributed by atoms with Gasteiger partial charge in [0, 0.05) is 25.6 Å². The number of fused-ring (bicyclic) bond motifs is 1. The number of piperidine rings is 1. The third-order valence-electron chi connectivity index (χ3n) is 7.10. The lowest BCUT2D eigenvalue weighted by Gasteiger charge is -2.51. The molecule has 30 heavy (non-hydrogen) atoms. The number of nitrogens with zero attached hydrogens (tertiary/aromatic N) is 1.